The number of nitrogen functional groups attached to an aromatic ring is 1. The van der Waals surface area contributed by atoms with Crippen molar-refractivity contribution in [1.29, 1.82) is 0 Å². The van der Waals surface area contributed by atoms with Crippen molar-refractivity contribution < 1.29 is 17.9 Å². The molecular formula is C14H23N3O4S. The van der Waals surface area contributed by atoms with Crippen LogP contribution in [-0.4, -0.2) is 39.8 Å². The number of hydrogen-bond donors (Lipinski definition) is 3. The summed E-state index contributed by atoms with van der Waals surface area (Å²) >= 11 is 0. The standard InChI is InChI=1S/C14H23N3O4S/c1-4-9(15)8-17-14(18)10-6-13(22(19,20)5-2)11(16)7-12(10)21-3/h6-7,9H,4-5,8,15-16H2,1-3H3,(H,17,18)/t9-/m1/s1. The van der Waals surface area contributed by atoms with Gasteiger partial charge in [0.15, 0.2) is 9.84 Å². The molecule has 5 N–H and O–H groups in total. The van der Waals surface area contributed by atoms with Crippen LogP contribution in [0.4, 0.5) is 5.69 Å². The van der Waals surface area contributed by atoms with Crippen LogP contribution in [0, 0.1) is 0 Å². The predicted octanol–water partition coefficient (Wildman–Crippen LogP) is 0.538. The molecule has 0 aliphatic rings. The van der Waals surface area contributed by atoms with Crippen molar-refractivity contribution in [3.05, 3.63) is 17.7 Å². The lowest BCUT2D eigenvalue weighted by molar-refractivity contribution is 0.0948. The van der Waals surface area contributed by atoms with Crippen LogP contribution in [0.2, 0.25) is 0 Å². The van der Waals surface area contributed by atoms with Gasteiger partial charge in [-0.3, -0.25) is 4.79 Å². The summed E-state index contributed by atoms with van der Waals surface area (Å²) in [4.78, 5) is 12.2. The van der Waals surface area contributed by atoms with E-state index in [-0.39, 0.29) is 33.7 Å². The Balaban J connectivity index is 3.23. The number of ether oxygens (including phenoxy) is 1. The lowest BCUT2D eigenvalue weighted by atomic mass is 10.1. The Hall–Kier alpha value is -1.80. The topological polar surface area (TPSA) is 125 Å². The zero-order valence-corrected chi connectivity index (χ0v) is 13.9. The summed E-state index contributed by atoms with van der Waals surface area (Å²) in [6.07, 6.45) is 0.717. The smallest absolute Gasteiger partial charge is 0.255 e. The number of nitrogens with one attached hydrogen (secondary N) is 1. The van der Waals surface area contributed by atoms with Crippen LogP contribution in [0.15, 0.2) is 17.0 Å². The SMILES string of the molecule is CC[C@@H](N)CNC(=O)c1cc(S(=O)(=O)CC)c(N)cc1OC. The fourth-order valence-corrected chi connectivity index (χ4v) is 2.84. The van der Waals surface area contributed by atoms with E-state index < -0.39 is 15.7 Å². The van der Waals surface area contributed by atoms with Crippen LogP contribution in [0.5, 0.6) is 5.75 Å². The summed E-state index contributed by atoms with van der Waals surface area (Å²) in [5, 5.41) is 2.66. The first kappa shape index (κ1) is 18.2. The number of carbonyl (C=O) groups excluding carboxylic acids is 1. The van der Waals surface area contributed by atoms with Crippen LogP contribution >= 0.6 is 0 Å². The lowest BCUT2D eigenvalue weighted by Crippen LogP contribution is -2.36. The molecule has 1 amide bonds. The fraction of sp³-hybridized carbons (Fsp3) is 0.500. The molecule has 0 fully saturated rings. The Morgan fingerprint density at radius 3 is 2.50 bits per heavy atom. The van der Waals surface area contributed by atoms with Crippen molar-refractivity contribution in [3.63, 3.8) is 0 Å². The maximum absolute atomic E-state index is 12.2. The molecule has 124 valence electrons. The Bertz CT molecular complexity index is 644. The first-order valence-corrected chi connectivity index (χ1v) is 8.66. The quantitative estimate of drug-likeness (QED) is 0.627. The molecule has 0 saturated carbocycles. The second-order valence-electron chi connectivity index (χ2n) is 4.87. The summed E-state index contributed by atoms with van der Waals surface area (Å²) in [5.74, 6) is -0.339. The number of nitrogens with two attached hydrogens (primary N) is 2. The molecule has 0 aliphatic carbocycles. The van der Waals surface area contributed by atoms with Gasteiger partial charge in [0.1, 0.15) is 5.75 Å². The van der Waals surface area contributed by atoms with Crippen LogP contribution in [0.3, 0.4) is 0 Å². The van der Waals surface area contributed by atoms with Gasteiger partial charge in [0, 0.05) is 18.7 Å². The van der Waals surface area contributed by atoms with E-state index in [9.17, 15) is 13.2 Å². The number of rotatable bonds is 7. The summed E-state index contributed by atoms with van der Waals surface area (Å²) in [6, 6.07) is 2.43. The number of hydrogen-bond acceptors (Lipinski definition) is 6. The van der Waals surface area contributed by atoms with E-state index in [0.717, 1.165) is 0 Å². The number of methoxy groups -OCH3 is 1. The Morgan fingerprint density at radius 1 is 1.36 bits per heavy atom. The van der Waals surface area contributed by atoms with Gasteiger partial charge in [-0.2, -0.15) is 0 Å². The first-order chi connectivity index (χ1) is 10.3. The normalized spacial score (nSPS) is 12.7. The third kappa shape index (κ3) is 4.11. The molecule has 1 aromatic rings. The highest BCUT2D eigenvalue weighted by molar-refractivity contribution is 7.91. The van der Waals surface area contributed by atoms with Crippen molar-refractivity contribution >= 4 is 21.4 Å². The molecule has 7 nitrogen and oxygen atoms in total. The maximum Gasteiger partial charge on any atom is 0.255 e. The molecular weight excluding hydrogens is 306 g/mol. The third-order valence-corrected chi connectivity index (χ3v) is 5.12. The molecule has 0 bridgehead atoms. The zero-order chi connectivity index (χ0) is 16.9. The average Bonchev–Trinajstić information content (AvgIpc) is 2.51. The van der Waals surface area contributed by atoms with E-state index in [1.54, 1.807) is 0 Å². The van der Waals surface area contributed by atoms with Gasteiger partial charge in [-0.25, -0.2) is 8.42 Å². The van der Waals surface area contributed by atoms with Crippen molar-refractivity contribution in [3.8, 4) is 5.75 Å². The highest BCUT2D eigenvalue weighted by Crippen LogP contribution is 2.29. The second kappa shape index (κ2) is 7.46. The molecule has 0 aliphatic heterocycles. The molecule has 0 unspecified atom stereocenters. The van der Waals surface area contributed by atoms with Gasteiger partial charge in [0.2, 0.25) is 0 Å². The minimum absolute atomic E-state index is 0.0560. The highest BCUT2D eigenvalue weighted by atomic mass is 32.2. The maximum atomic E-state index is 12.2. The fourth-order valence-electron chi connectivity index (χ4n) is 1.81. The Labute approximate surface area is 130 Å². The highest BCUT2D eigenvalue weighted by Gasteiger charge is 2.22. The largest absolute Gasteiger partial charge is 0.496 e. The second-order valence-corrected chi connectivity index (χ2v) is 7.12. The van der Waals surface area contributed by atoms with Gasteiger partial charge >= 0.3 is 0 Å². The van der Waals surface area contributed by atoms with Gasteiger partial charge < -0.3 is 21.5 Å². The zero-order valence-electron chi connectivity index (χ0n) is 13.0. The molecule has 0 radical (unpaired) electrons. The number of benzene rings is 1. The molecule has 22 heavy (non-hydrogen) atoms. The lowest BCUT2D eigenvalue weighted by Gasteiger charge is -2.15. The van der Waals surface area contributed by atoms with Gasteiger partial charge in [-0.15, -0.1) is 0 Å². The van der Waals surface area contributed by atoms with E-state index in [0.29, 0.717) is 13.0 Å². The molecule has 1 aromatic carbocycles. The number of sulfone groups is 1. The van der Waals surface area contributed by atoms with Crippen LogP contribution in [0.25, 0.3) is 0 Å². The van der Waals surface area contributed by atoms with E-state index in [2.05, 4.69) is 5.32 Å². The van der Waals surface area contributed by atoms with E-state index in [1.807, 2.05) is 6.92 Å². The average molecular weight is 329 g/mol. The van der Waals surface area contributed by atoms with Crippen LogP contribution in [-0.2, 0) is 9.84 Å². The minimum Gasteiger partial charge on any atom is -0.496 e. The summed E-state index contributed by atoms with van der Waals surface area (Å²) in [7, 11) is -2.14. The number of amides is 1. The molecule has 1 rings (SSSR count). The summed E-state index contributed by atoms with van der Waals surface area (Å²) in [6.45, 7) is 3.71. The van der Waals surface area contributed by atoms with Crippen molar-refractivity contribution in [2.75, 3.05) is 25.1 Å². The summed E-state index contributed by atoms with van der Waals surface area (Å²) < 4.78 is 29.2. The van der Waals surface area contributed by atoms with Gasteiger partial charge in [0.25, 0.3) is 5.91 Å². The van der Waals surface area contributed by atoms with Crippen molar-refractivity contribution in [2.45, 2.75) is 31.2 Å². The summed E-state index contributed by atoms with van der Waals surface area (Å²) in [5.41, 5.74) is 11.7. The molecule has 0 heterocycles. The Kier molecular flexibility index (Phi) is 6.19. The van der Waals surface area contributed by atoms with E-state index in [4.69, 9.17) is 16.2 Å². The first-order valence-electron chi connectivity index (χ1n) is 7.00. The van der Waals surface area contributed by atoms with Crippen molar-refractivity contribution in [1.82, 2.24) is 5.32 Å². The van der Waals surface area contributed by atoms with Gasteiger partial charge in [0.05, 0.1) is 29.0 Å². The Morgan fingerprint density at radius 2 is 2.00 bits per heavy atom. The van der Waals surface area contributed by atoms with Crippen LogP contribution < -0.4 is 21.5 Å². The predicted molar refractivity (Wildman–Crippen MR) is 85.7 cm³/mol. The van der Waals surface area contributed by atoms with Gasteiger partial charge in [-0.1, -0.05) is 13.8 Å². The number of carbonyl (C=O) groups is 1. The molecule has 0 spiro atoms. The number of anilines is 1. The minimum atomic E-state index is -3.53. The molecule has 1 atom stereocenters. The molecule has 0 aromatic heterocycles. The van der Waals surface area contributed by atoms with E-state index >= 15 is 0 Å². The van der Waals surface area contributed by atoms with E-state index in [1.165, 1.54) is 26.2 Å². The van der Waals surface area contributed by atoms with Gasteiger partial charge in [-0.05, 0) is 12.5 Å². The monoisotopic (exact) mass is 329 g/mol. The molecule has 0 saturated heterocycles. The van der Waals surface area contributed by atoms with Crippen molar-refractivity contribution in [2.24, 2.45) is 5.73 Å². The molecule has 8 heteroatoms. The third-order valence-electron chi connectivity index (χ3n) is 3.34. The van der Waals surface area contributed by atoms with Crippen LogP contribution in [0.1, 0.15) is 30.6 Å².